The van der Waals surface area contributed by atoms with Gasteiger partial charge in [0.05, 0.1) is 0 Å². The van der Waals surface area contributed by atoms with Crippen LogP contribution in [0.4, 0.5) is 8.78 Å². The van der Waals surface area contributed by atoms with Crippen molar-refractivity contribution in [1.29, 1.82) is 0 Å². The van der Waals surface area contributed by atoms with Crippen LogP contribution in [-0.4, -0.2) is 13.0 Å². The molecule has 16 heavy (non-hydrogen) atoms. The van der Waals surface area contributed by atoms with Gasteiger partial charge in [-0.3, -0.25) is 0 Å². The third-order valence-electron chi connectivity index (χ3n) is 1.80. The standard InChI is InChI=1S/C9H8F2O3S.CH3/c1-2-7-3-5-8(6-4-7)9(10,11)15(12,13)14;/h2-6H,1H2,(H,12,13,14);1H3/q;+1/p-1. The lowest BCUT2D eigenvalue weighted by Crippen LogP contribution is -2.25. The maximum atomic E-state index is 13.0. The van der Waals surface area contributed by atoms with Crippen molar-refractivity contribution in [1.82, 2.24) is 0 Å². The molecule has 0 saturated heterocycles. The molecule has 0 aromatic heterocycles. The first-order valence-corrected chi connectivity index (χ1v) is 5.26. The fraction of sp³-hybridized carbons (Fsp3) is 0.100. The van der Waals surface area contributed by atoms with E-state index < -0.39 is 20.9 Å². The molecule has 0 unspecified atom stereocenters. The van der Waals surface area contributed by atoms with Gasteiger partial charge < -0.3 is 4.55 Å². The lowest BCUT2D eigenvalue weighted by atomic mass is 10.1. The largest absolute Gasteiger partial charge is 0.743 e. The van der Waals surface area contributed by atoms with E-state index in [1.807, 2.05) is 0 Å². The Morgan fingerprint density at radius 3 is 2.00 bits per heavy atom. The van der Waals surface area contributed by atoms with Gasteiger partial charge in [-0.25, -0.2) is 8.42 Å². The first-order valence-electron chi connectivity index (χ1n) is 3.85. The quantitative estimate of drug-likeness (QED) is 0.609. The molecular weight excluding hydrogens is 238 g/mol. The first kappa shape index (κ1) is 14.6. The summed E-state index contributed by atoms with van der Waals surface area (Å²) in [6.07, 6.45) is 1.41. The van der Waals surface area contributed by atoms with Crippen LogP contribution in [0.5, 0.6) is 0 Å². The van der Waals surface area contributed by atoms with Crippen LogP contribution < -0.4 is 0 Å². The Morgan fingerprint density at radius 1 is 1.25 bits per heavy atom. The third kappa shape index (κ3) is 2.59. The van der Waals surface area contributed by atoms with E-state index in [2.05, 4.69) is 6.58 Å². The van der Waals surface area contributed by atoms with Gasteiger partial charge in [0.2, 0.25) is 0 Å². The minimum atomic E-state index is -5.68. The molecule has 3 nitrogen and oxygen atoms in total. The molecule has 0 amide bonds. The van der Waals surface area contributed by atoms with E-state index in [0.29, 0.717) is 5.56 Å². The zero-order valence-corrected chi connectivity index (χ0v) is 9.30. The highest BCUT2D eigenvalue weighted by atomic mass is 32.2. The Bertz CT molecular complexity index is 463. The molecule has 0 aliphatic carbocycles. The van der Waals surface area contributed by atoms with Crippen molar-refractivity contribution in [2.75, 3.05) is 0 Å². The maximum absolute atomic E-state index is 13.0. The molecule has 0 bridgehead atoms. The number of alkyl halides is 2. The van der Waals surface area contributed by atoms with E-state index in [9.17, 15) is 21.8 Å². The van der Waals surface area contributed by atoms with Crippen molar-refractivity contribution >= 4 is 16.2 Å². The summed E-state index contributed by atoms with van der Waals surface area (Å²) in [5.41, 5.74) is -0.291. The minimum Gasteiger partial charge on any atom is -0.743 e. The summed E-state index contributed by atoms with van der Waals surface area (Å²) in [4.78, 5) is 0. The second kappa shape index (κ2) is 4.63. The van der Waals surface area contributed by atoms with Gasteiger partial charge in [0, 0.05) is 13.0 Å². The summed E-state index contributed by atoms with van der Waals surface area (Å²) in [7, 11) is -5.68. The van der Waals surface area contributed by atoms with Gasteiger partial charge >= 0.3 is 5.25 Å². The highest BCUT2D eigenvalue weighted by Gasteiger charge is 2.39. The molecule has 88 valence electrons. The Hall–Kier alpha value is -1.40. The van der Waals surface area contributed by atoms with E-state index in [1.165, 1.54) is 18.2 Å². The summed E-state index contributed by atoms with van der Waals surface area (Å²) >= 11 is 0. The van der Waals surface area contributed by atoms with Crippen LogP contribution in [0.25, 0.3) is 6.08 Å². The molecule has 0 radical (unpaired) electrons. The van der Waals surface area contributed by atoms with Gasteiger partial charge in [-0.1, -0.05) is 36.9 Å². The van der Waals surface area contributed by atoms with Gasteiger partial charge in [0.1, 0.15) is 0 Å². The van der Waals surface area contributed by atoms with Gasteiger partial charge in [-0.2, -0.15) is 8.78 Å². The predicted molar refractivity (Wildman–Crippen MR) is 56.5 cm³/mol. The summed E-state index contributed by atoms with van der Waals surface area (Å²) < 4.78 is 56.8. The van der Waals surface area contributed by atoms with Gasteiger partial charge in [-0.15, -0.1) is 0 Å². The molecule has 0 heterocycles. The molecule has 0 N–H and O–H groups in total. The predicted octanol–water partition coefficient (Wildman–Crippen LogP) is 2.37. The van der Waals surface area contributed by atoms with Crippen LogP contribution in [0.3, 0.4) is 0 Å². The minimum absolute atomic E-state index is 0. The van der Waals surface area contributed by atoms with E-state index in [-0.39, 0.29) is 7.43 Å². The van der Waals surface area contributed by atoms with Crippen LogP contribution in [0, 0.1) is 7.43 Å². The van der Waals surface area contributed by atoms with Crippen molar-refractivity contribution in [3.8, 4) is 0 Å². The maximum Gasteiger partial charge on any atom is 0.359 e. The topological polar surface area (TPSA) is 57.2 Å². The van der Waals surface area contributed by atoms with Crippen LogP contribution in [-0.2, 0) is 15.4 Å². The highest BCUT2D eigenvalue weighted by molar-refractivity contribution is 7.86. The van der Waals surface area contributed by atoms with Crippen molar-refractivity contribution in [2.45, 2.75) is 5.25 Å². The average molecular weight is 248 g/mol. The lowest BCUT2D eigenvalue weighted by Gasteiger charge is -2.20. The molecule has 1 aromatic carbocycles. The van der Waals surface area contributed by atoms with Gasteiger partial charge in [-0.05, 0) is 5.56 Å². The van der Waals surface area contributed by atoms with Gasteiger partial charge in [0.15, 0.2) is 10.1 Å². The number of hydrogen-bond donors (Lipinski definition) is 0. The Kier molecular flexibility index (Phi) is 4.22. The molecule has 0 aliphatic heterocycles. The Balaban J connectivity index is 0.00000225. The number of rotatable bonds is 3. The van der Waals surface area contributed by atoms with Gasteiger partial charge in [0.25, 0.3) is 0 Å². The molecule has 0 atom stereocenters. The van der Waals surface area contributed by atoms with Crippen molar-refractivity contribution in [3.63, 3.8) is 0 Å². The Labute approximate surface area is 93.2 Å². The average Bonchev–Trinajstić information content (AvgIpc) is 2.16. The summed E-state index contributed by atoms with van der Waals surface area (Å²) in [6.45, 7) is 3.40. The Morgan fingerprint density at radius 2 is 1.69 bits per heavy atom. The fourth-order valence-corrected chi connectivity index (χ4v) is 1.38. The van der Waals surface area contributed by atoms with Crippen LogP contribution >= 0.6 is 0 Å². The van der Waals surface area contributed by atoms with Crippen LogP contribution in [0.2, 0.25) is 0 Å². The molecule has 0 spiro atoms. The molecule has 0 saturated carbocycles. The highest BCUT2D eigenvalue weighted by Crippen LogP contribution is 2.33. The molecule has 0 aliphatic rings. The molecule has 0 fully saturated rings. The monoisotopic (exact) mass is 248 g/mol. The first-order chi connectivity index (χ1) is 6.79. The molecule has 1 rings (SSSR count). The zero-order chi connectivity index (χ0) is 11.7. The van der Waals surface area contributed by atoms with E-state index in [1.54, 1.807) is 0 Å². The molecular formula is C10H10F2O3S. The lowest BCUT2D eigenvalue weighted by molar-refractivity contribution is 0.0776. The number of benzene rings is 1. The fourth-order valence-electron chi connectivity index (χ4n) is 0.958. The second-order valence-electron chi connectivity index (χ2n) is 2.80. The summed E-state index contributed by atoms with van der Waals surface area (Å²) in [5, 5.41) is -4.40. The van der Waals surface area contributed by atoms with E-state index in [0.717, 1.165) is 12.1 Å². The number of halogens is 2. The smallest absolute Gasteiger partial charge is 0.359 e. The summed E-state index contributed by atoms with van der Waals surface area (Å²) in [5.74, 6) is 0. The van der Waals surface area contributed by atoms with Crippen molar-refractivity contribution in [2.24, 2.45) is 0 Å². The number of hydrogen-bond acceptors (Lipinski definition) is 3. The molecule has 6 heteroatoms. The zero-order valence-electron chi connectivity index (χ0n) is 8.48. The van der Waals surface area contributed by atoms with Crippen LogP contribution in [0.1, 0.15) is 11.1 Å². The van der Waals surface area contributed by atoms with Crippen LogP contribution in [0.15, 0.2) is 30.8 Å². The second-order valence-corrected chi connectivity index (χ2v) is 4.22. The van der Waals surface area contributed by atoms with E-state index in [4.69, 9.17) is 0 Å². The third-order valence-corrected chi connectivity index (χ3v) is 2.66. The molecule has 1 aromatic rings. The van der Waals surface area contributed by atoms with Crippen molar-refractivity contribution in [3.05, 3.63) is 49.4 Å². The van der Waals surface area contributed by atoms with E-state index >= 15 is 0 Å². The normalized spacial score (nSPS) is 11.7. The SMILES string of the molecule is C=Cc1ccc(C(F)(F)S(=O)(=O)[O-])cc1.[CH3+]. The summed E-state index contributed by atoms with van der Waals surface area (Å²) in [6, 6.07) is 4.27. The van der Waals surface area contributed by atoms with Crippen molar-refractivity contribution < 1.29 is 21.8 Å².